The van der Waals surface area contributed by atoms with Gasteiger partial charge in [-0.15, -0.1) is 0 Å². The average Bonchev–Trinajstić information content (AvgIpc) is 2.89. The third-order valence-corrected chi connectivity index (χ3v) is 13.1. The number of amides is 1. The summed E-state index contributed by atoms with van der Waals surface area (Å²) in [5.74, 6) is -3.78. The lowest BCUT2D eigenvalue weighted by Crippen LogP contribution is -2.66. The van der Waals surface area contributed by atoms with Crippen molar-refractivity contribution in [2.75, 3.05) is 6.54 Å². The van der Waals surface area contributed by atoms with E-state index in [4.69, 9.17) is 6.57 Å². The summed E-state index contributed by atoms with van der Waals surface area (Å²) in [6, 6.07) is 0. The number of nitrogens with one attached hydrogen (secondary N) is 1. The molecule has 5 rings (SSSR count). The fraction of sp³-hybridized carbons (Fsp3) is 0.735. The Kier molecular flexibility index (Phi) is 6.90. The van der Waals surface area contributed by atoms with Gasteiger partial charge in [0, 0.05) is 22.2 Å². The molecule has 0 heterocycles. The molecule has 0 aliphatic heterocycles. The minimum atomic E-state index is -5.08. The zero-order valence-corrected chi connectivity index (χ0v) is 26.3. The van der Waals surface area contributed by atoms with Crippen molar-refractivity contribution in [3.63, 3.8) is 0 Å². The fourth-order valence-electron chi connectivity index (χ4n) is 10.5. The molecule has 234 valence electrons. The molecule has 0 aromatic heterocycles. The van der Waals surface area contributed by atoms with Crippen molar-refractivity contribution in [1.82, 2.24) is 5.32 Å². The Balaban J connectivity index is 1.61. The smallest absolute Gasteiger partial charge is 0.341 e. The van der Waals surface area contributed by atoms with E-state index in [2.05, 4.69) is 39.5 Å². The molecule has 3 fully saturated rings. The van der Waals surface area contributed by atoms with Crippen LogP contribution in [0.1, 0.15) is 93.4 Å². The van der Waals surface area contributed by atoms with Crippen LogP contribution in [-0.4, -0.2) is 36.0 Å². The highest BCUT2D eigenvalue weighted by atomic mass is 19.4. The number of nitrogens with zero attached hydrogens (tertiary/aromatic N) is 1. The lowest BCUT2D eigenvalue weighted by molar-refractivity contribution is -0.179. The maximum atomic E-state index is 14.5. The molecule has 1 N–H and O–H groups in total. The van der Waals surface area contributed by atoms with Crippen LogP contribution in [0, 0.1) is 56.8 Å². The molecule has 1 amide bonds. The van der Waals surface area contributed by atoms with E-state index in [1.807, 2.05) is 13.8 Å². The maximum absolute atomic E-state index is 14.5. The second-order valence-electron chi connectivity index (χ2n) is 16.0. The second-order valence-corrected chi connectivity index (χ2v) is 16.0. The lowest BCUT2D eigenvalue weighted by Gasteiger charge is -2.69. The van der Waals surface area contributed by atoms with Gasteiger partial charge in [0.05, 0.1) is 13.1 Å². The van der Waals surface area contributed by atoms with Crippen LogP contribution >= 0.6 is 0 Å². The summed E-state index contributed by atoms with van der Waals surface area (Å²) in [5, 5.41) is 1.80. The Bertz CT molecular complexity index is 1420. The average molecular weight is 601 g/mol. The van der Waals surface area contributed by atoms with E-state index >= 15 is 0 Å². The van der Waals surface area contributed by atoms with Crippen molar-refractivity contribution in [2.24, 2.45) is 50.2 Å². The van der Waals surface area contributed by atoms with Gasteiger partial charge in [-0.05, 0) is 79.1 Å². The summed E-state index contributed by atoms with van der Waals surface area (Å²) >= 11 is 0. The van der Waals surface area contributed by atoms with E-state index in [0.29, 0.717) is 32.1 Å². The topological polar surface area (TPSA) is 84.7 Å². The van der Waals surface area contributed by atoms with Crippen LogP contribution in [0.25, 0.3) is 4.85 Å². The molecule has 3 saturated carbocycles. The molecule has 0 radical (unpaired) electrons. The first-order chi connectivity index (χ1) is 19.6. The maximum Gasteiger partial charge on any atom is 0.471 e. The van der Waals surface area contributed by atoms with Gasteiger partial charge in [-0.1, -0.05) is 60.1 Å². The van der Waals surface area contributed by atoms with Gasteiger partial charge in [0.1, 0.15) is 0 Å². The molecule has 0 aromatic carbocycles. The number of halogens is 3. The van der Waals surface area contributed by atoms with E-state index in [1.54, 1.807) is 17.5 Å². The number of fused-ring (bicyclic) bond motifs is 7. The van der Waals surface area contributed by atoms with Crippen LogP contribution in [0.4, 0.5) is 13.2 Å². The number of allylic oxidation sites excluding steroid dienone is 4. The van der Waals surface area contributed by atoms with Crippen molar-refractivity contribution >= 4 is 23.3 Å². The van der Waals surface area contributed by atoms with Crippen molar-refractivity contribution in [2.45, 2.75) is 99.6 Å². The lowest BCUT2D eigenvalue weighted by atomic mass is 9.34. The highest BCUT2D eigenvalue weighted by molar-refractivity contribution is 6.03. The molecule has 0 spiro atoms. The molecule has 5 aliphatic carbocycles. The first kappa shape index (κ1) is 31.7. The standard InChI is InChI=1S/C34H43F3N2O4/c1-28(2)11-13-33(24(41)18-39-27(43)34(35,36)37)14-12-32(7)25(19(33)16-28)21(40)15-23-30(5)17-20(38-8)26(42)29(3,4)22(30)9-10-31(23,32)6/h15,17,19,22,25H,9-14,16,18H2,1-7H3,(H,39,43)/t19-,22-,25-,30-,31+,32+,33-/m0/s1. The Labute approximate surface area is 252 Å². The number of hydrogen-bond donors (Lipinski definition) is 1. The molecule has 9 heteroatoms. The predicted octanol–water partition coefficient (Wildman–Crippen LogP) is 6.81. The van der Waals surface area contributed by atoms with E-state index in [0.717, 1.165) is 18.4 Å². The molecular weight excluding hydrogens is 557 g/mol. The first-order valence-electron chi connectivity index (χ1n) is 15.4. The van der Waals surface area contributed by atoms with Gasteiger partial charge in [-0.3, -0.25) is 14.4 Å². The summed E-state index contributed by atoms with van der Waals surface area (Å²) in [6.45, 7) is 21.4. The Morgan fingerprint density at radius 1 is 1.00 bits per heavy atom. The van der Waals surface area contributed by atoms with Gasteiger partial charge in [0.25, 0.3) is 0 Å². The third kappa shape index (κ3) is 4.24. The largest absolute Gasteiger partial charge is 0.471 e. The second kappa shape index (κ2) is 9.37. The molecule has 0 unspecified atom stereocenters. The van der Waals surface area contributed by atoms with Crippen molar-refractivity contribution in [1.29, 1.82) is 0 Å². The number of hydrogen-bond acceptors (Lipinski definition) is 4. The molecule has 0 aromatic rings. The van der Waals surface area contributed by atoms with E-state index in [9.17, 15) is 32.3 Å². The van der Waals surface area contributed by atoms with Crippen LogP contribution in [0.15, 0.2) is 23.4 Å². The summed E-state index contributed by atoms with van der Waals surface area (Å²) in [7, 11) is 0. The van der Waals surface area contributed by atoms with Gasteiger partial charge in [0.15, 0.2) is 17.3 Å². The Hall–Kier alpha value is -2.76. The molecule has 0 bridgehead atoms. The van der Waals surface area contributed by atoms with Gasteiger partial charge in [-0.25, -0.2) is 4.85 Å². The summed E-state index contributed by atoms with van der Waals surface area (Å²) in [4.78, 5) is 56.8. The minimum Gasteiger partial charge on any atom is -0.341 e. The minimum absolute atomic E-state index is 0.0804. The highest BCUT2D eigenvalue weighted by Crippen LogP contribution is 2.74. The molecule has 5 aliphatic rings. The number of carbonyl (C=O) groups excluding carboxylic acids is 4. The number of Topliss-reactive ketones (excluding diaryl/α,β-unsaturated/α-hetero) is 2. The van der Waals surface area contributed by atoms with E-state index < -0.39 is 57.4 Å². The first-order valence-corrected chi connectivity index (χ1v) is 15.4. The van der Waals surface area contributed by atoms with Crippen LogP contribution in [0.5, 0.6) is 0 Å². The Morgan fingerprint density at radius 2 is 1.63 bits per heavy atom. The van der Waals surface area contributed by atoms with Gasteiger partial charge < -0.3 is 10.1 Å². The summed E-state index contributed by atoms with van der Waals surface area (Å²) in [6.07, 6.45) is 2.67. The predicted molar refractivity (Wildman–Crippen MR) is 154 cm³/mol. The summed E-state index contributed by atoms with van der Waals surface area (Å²) in [5.41, 5.74) is -2.55. The van der Waals surface area contributed by atoms with Crippen LogP contribution in [0.2, 0.25) is 0 Å². The summed E-state index contributed by atoms with van der Waals surface area (Å²) < 4.78 is 38.9. The number of alkyl halides is 3. The van der Waals surface area contributed by atoms with Crippen LogP contribution in [0.3, 0.4) is 0 Å². The molecule has 7 atom stereocenters. The zero-order valence-electron chi connectivity index (χ0n) is 26.3. The third-order valence-electron chi connectivity index (χ3n) is 13.1. The molecule has 43 heavy (non-hydrogen) atoms. The van der Waals surface area contributed by atoms with Crippen LogP contribution in [-0.2, 0) is 19.2 Å². The van der Waals surface area contributed by atoms with E-state index in [1.165, 1.54) is 0 Å². The number of ketones is 3. The van der Waals surface area contributed by atoms with E-state index in [-0.39, 0.29) is 34.5 Å². The quantitative estimate of drug-likeness (QED) is 0.361. The number of carbonyl (C=O) groups is 4. The monoisotopic (exact) mass is 600 g/mol. The van der Waals surface area contributed by atoms with Gasteiger partial charge in [0.2, 0.25) is 5.70 Å². The fourth-order valence-corrected chi connectivity index (χ4v) is 10.5. The Morgan fingerprint density at radius 3 is 2.23 bits per heavy atom. The van der Waals surface area contributed by atoms with Gasteiger partial charge >= 0.3 is 12.1 Å². The van der Waals surface area contributed by atoms with Gasteiger partial charge in [-0.2, -0.15) is 13.2 Å². The molecular formula is C34H43F3N2O4. The van der Waals surface area contributed by atoms with Crippen molar-refractivity contribution in [3.8, 4) is 0 Å². The molecule has 0 saturated heterocycles. The van der Waals surface area contributed by atoms with Crippen molar-refractivity contribution < 1.29 is 32.3 Å². The highest BCUT2D eigenvalue weighted by Gasteiger charge is 2.70. The van der Waals surface area contributed by atoms with Crippen LogP contribution < -0.4 is 5.32 Å². The SMILES string of the molecule is [C-]#[N+]C1=C[C@]2(C)C3=CC(=O)[C@@H]4[C@@H]5CC(C)(C)CC[C@]5(C(=O)CNC(=O)C(F)(F)F)CC[C@@]4(C)[C@]3(C)CC[C@H]2C(C)(C)C1=O. The van der Waals surface area contributed by atoms with Crippen molar-refractivity contribution in [3.05, 3.63) is 34.8 Å². The molecule has 6 nitrogen and oxygen atoms in total. The normalized spacial score (nSPS) is 41.3. The number of rotatable bonds is 3. The zero-order chi connectivity index (χ0) is 32.2.